The van der Waals surface area contributed by atoms with Crippen molar-refractivity contribution in [2.24, 2.45) is 17.8 Å². The molecule has 4 rings (SSSR count). The van der Waals surface area contributed by atoms with Crippen LogP contribution in [-0.4, -0.2) is 65.6 Å². The molecule has 3 fully saturated rings. The van der Waals surface area contributed by atoms with E-state index in [0.717, 1.165) is 19.3 Å². The van der Waals surface area contributed by atoms with E-state index in [0.29, 0.717) is 31.6 Å². The molecule has 2 unspecified atom stereocenters. The Labute approximate surface area is 195 Å². The van der Waals surface area contributed by atoms with Gasteiger partial charge in [-0.1, -0.05) is 26.0 Å². The van der Waals surface area contributed by atoms with E-state index in [-0.39, 0.29) is 30.7 Å². The van der Waals surface area contributed by atoms with Gasteiger partial charge in [0.25, 0.3) is 5.91 Å². The molecule has 2 aliphatic heterocycles. The van der Waals surface area contributed by atoms with Crippen LogP contribution in [0.25, 0.3) is 0 Å². The maximum absolute atomic E-state index is 13.2. The lowest BCUT2D eigenvalue weighted by Crippen LogP contribution is -2.56. The monoisotopic (exact) mass is 481 g/mol. The second-order valence-electron chi connectivity index (χ2n) is 10.6. The first-order chi connectivity index (χ1) is 15.5. The third kappa shape index (κ3) is 5.26. The van der Waals surface area contributed by atoms with Crippen LogP contribution in [-0.2, 0) is 24.4 Å². The summed E-state index contributed by atoms with van der Waals surface area (Å²) in [5, 5.41) is 12.4. The zero-order valence-corrected chi connectivity index (χ0v) is 20.1. The highest BCUT2D eigenvalue weighted by molar-refractivity contribution is 7.91. The van der Waals surface area contributed by atoms with Crippen molar-refractivity contribution in [3.63, 3.8) is 0 Å². The van der Waals surface area contributed by atoms with Gasteiger partial charge in [0.15, 0.2) is 0 Å². The van der Waals surface area contributed by atoms with Gasteiger partial charge in [0.05, 0.1) is 11.4 Å². The Bertz CT molecular complexity index is 946. The molecule has 184 valence electrons. The molecule has 0 radical (unpaired) electrons. The molecule has 0 aromatic rings. The quantitative estimate of drug-likeness (QED) is 0.512. The number of carbonyl (C=O) groups excluding carboxylic acids is 3. The van der Waals surface area contributed by atoms with Crippen molar-refractivity contribution in [1.82, 2.24) is 14.9 Å². The van der Waals surface area contributed by atoms with Gasteiger partial charge in [-0.15, -0.1) is 0 Å². The van der Waals surface area contributed by atoms with E-state index in [1.54, 1.807) is 0 Å². The molecular formula is C23H35N3O6S. The van der Waals surface area contributed by atoms with Crippen molar-refractivity contribution in [3.05, 3.63) is 12.2 Å². The summed E-state index contributed by atoms with van der Waals surface area (Å²) in [4.78, 5) is 40.7. The Morgan fingerprint density at radius 2 is 1.91 bits per heavy atom. The number of allylic oxidation sites excluding steroid dienone is 1. The molecule has 2 saturated carbocycles. The number of rotatable bonds is 3. The Morgan fingerprint density at radius 3 is 2.61 bits per heavy atom. The second-order valence-corrected chi connectivity index (χ2v) is 12.5. The van der Waals surface area contributed by atoms with Crippen LogP contribution < -0.4 is 10.0 Å². The van der Waals surface area contributed by atoms with E-state index in [4.69, 9.17) is 0 Å². The maximum Gasteiger partial charge on any atom is 0.259 e. The van der Waals surface area contributed by atoms with E-state index in [1.165, 1.54) is 4.90 Å². The third-order valence-corrected chi connectivity index (χ3v) is 9.21. The number of nitrogens with one attached hydrogen (secondary N) is 2. The van der Waals surface area contributed by atoms with Crippen molar-refractivity contribution in [3.8, 4) is 0 Å². The topological polar surface area (TPSA) is 133 Å². The predicted octanol–water partition coefficient (Wildman–Crippen LogP) is 0.834. The van der Waals surface area contributed by atoms with Gasteiger partial charge < -0.3 is 15.3 Å². The van der Waals surface area contributed by atoms with Gasteiger partial charge in [-0.3, -0.25) is 19.1 Å². The highest BCUT2D eigenvalue weighted by Gasteiger charge is 2.62. The minimum atomic E-state index is -3.76. The van der Waals surface area contributed by atoms with Crippen LogP contribution in [0.15, 0.2) is 12.2 Å². The first-order valence-corrected chi connectivity index (χ1v) is 13.6. The number of carbonyl (C=O) groups is 3. The minimum Gasteiger partial charge on any atom is -0.391 e. The number of fused-ring (bicyclic) bond motifs is 2. The summed E-state index contributed by atoms with van der Waals surface area (Å²) in [7, 11) is -3.76. The molecule has 0 spiro atoms. The van der Waals surface area contributed by atoms with E-state index in [2.05, 4.69) is 17.0 Å². The molecule has 9 nitrogen and oxygen atoms in total. The summed E-state index contributed by atoms with van der Waals surface area (Å²) < 4.78 is 26.9. The average Bonchev–Trinajstić information content (AvgIpc) is 3.62. The summed E-state index contributed by atoms with van der Waals surface area (Å²) in [6, 6.07) is -0.878. The molecule has 1 saturated heterocycles. The van der Waals surface area contributed by atoms with Crippen LogP contribution in [0, 0.1) is 17.8 Å². The minimum absolute atomic E-state index is 0.0811. The van der Waals surface area contributed by atoms with E-state index in [1.807, 2.05) is 19.1 Å². The fourth-order valence-corrected chi connectivity index (χ4v) is 6.61. The first kappa shape index (κ1) is 24.2. The average molecular weight is 482 g/mol. The number of aliphatic hydroxyl groups is 1. The predicted molar refractivity (Wildman–Crippen MR) is 121 cm³/mol. The summed E-state index contributed by atoms with van der Waals surface area (Å²) >= 11 is 0. The molecular weight excluding hydrogens is 446 g/mol. The Balaban J connectivity index is 1.58. The SMILES string of the molecule is CC1CC/C=C\C2C[C@@]2(C(=O)NS(=O)(=O)C2CC2)NC(=O)[C@@H]2C[C@@H](O)CN2C(=O)C[C@H](C)C1. The third-order valence-electron chi connectivity index (χ3n) is 7.39. The molecule has 0 bridgehead atoms. The van der Waals surface area contributed by atoms with Crippen LogP contribution in [0.2, 0.25) is 0 Å². The number of hydrogen-bond acceptors (Lipinski definition) is 6. The standard InChI is InChI=1S/C23H35N3O6S/c1-14-5-3-4-6-16-12-23(16,22(30)25-33(31,32)18-7-8-18)24-21(29)19-11-17(27)13-26(19)20(28)10-15(2)9-14/h4,6,14-19,27H,3,5,7-13H2,1-2H3,(H,24,29)(H,25,30)/b6-4-/t14?,15-,16?,17-,19+,23-/m1/s1. The van der Waals surface area contributed by atoms with Gasteiger partial charge in [-0.05, 0) is 50.4 Å². The van der Waals surface area contributed by atoms with Crippen LogP contribution in [0.1, 0.15) is 65.2 Å². The van der Waals surface area contributed by atoms with Crippen molar-refractivity contribution < 1.29 is 27.9 Å². The van der Waals surface area contributed by atoms with Crippen molar-refractivity contribution >= 4 is 27.7 Å². The lowest BCUT2D eigenvalue weighted by molar-refractivity contribution is -0.140. The Hall–Kier alpha value is -1.94. The van der Waals surface area contributed by atoms with Crippen molar-refractivity contribution in [1.29, 1.82) is 0 Å². The summed E-state index contributed by atoms with van der Waals surface area (Å²) in [5.41, 5.74) is -1.35. The van der Waals surface area contributed by atoms with Crippen molar-refractivity contribution in [2.45, 2.75) is 88.1 Å². The van der Waals surface area contributed by atoms with Crippen LogP contribution in [0.4, 0.5) is 0 Å². The second kappa shape index (κ2) is 9.02. The molecule has 10 heteroatoms. The molecule has 2 aliphatic carbocycles. The molecule has 33 heavy (non-hydrogen) atoms. The van der Waals surface area contributed by atoms with Gasteiger partial charge >= 0.3 is 0 Å². The molecule has 3 amide bonds. The summed E-state index contributed by atoms with van der Waals surface area (Å²) in [5.74, 6) is -1.17. The smallest absolute Gasteiger partial charge is 0.259 e. The van der Waals surface area contributed by atoms with Crippen molar-refractivity contribution in [2.75, 3.05) is 6.54 Å². The van der Waals surface area contributed by atoms with E-state index >= 15 is 0 Å². The highest BCUT2D eigenvalue weighted by atomic mass is 32.2. The van der Waals surface area contributed by atoms with Crippen LogP contribution in [0.3, 0.4) is 0 Å². The summed E-state index contributed by atoms with van der Waals surface area (Å²) in [6.45, 7) is 4.26. The molecule has 0 aromatic carbocycles. The van der Waals surface area contributed by atoms with Gasteiger partial charge in [0, 0.05) is 25.3 Å². The molecule has 6 atom stereocenters. The Morgan fingerprint density at radius 1 is 1.18 bits per heavy atom. The maximum atomic E-state index is 13.2. The fourth-order valence-electron chi connectivity index (χ4n) is 5.25. The lowest BCUT2D eigenvalue weighted by Gasteiger charge is -2.27. The van der Waals surface area contributed by atoms with E-state index in [9.17, 15) is 27.9 Å². The zero-order chi connectivity index (χ0) is 24.0. The van der Waals surface area contributed by atoms with Gasteiger partial charge in [-0.25, -0.2) is 8.42 Å². The molecule has 2 heterocycles. The summed E-state index contributed by atoms with van der Waals surface area (Å²) in [6.07, 6.45) is 7.47. The molecule has 3 N–H and O–H groups in total. The highest BCUT2D eigenvalue weighted by Crippen LogP contribution is 2.46. The molecule has 0 aromatic heterocycles. The number of hydrogen-bond donors (Lipinski definition) is 3. The lowest BCUT2D eigenvalue weighted by atomic mass is 9.91. The van der Waals surface area contributed by atoms with Gasteiger partial charge in [-0.2, -0.15) is 0 Å². The van der Waals surface area contributed by atoms with Gasteiger partial charge in [0.2, 0.25) is 21.8 Å². The number of aliphatic hydroxyl groups excluding tert-OH is 1. The zero-order valence-electron chi connectivity index (χ0n) is 19.3. The molecule has 4 aliphatic rings. The largest absolute Gasteiger partial charge is 0.391 e. The Kier molecular flexibility index (Phi) is 6.61. The first-order valence-electron chi connectivity index (χ1n) is 12.0. The fraction of sp³-hybridized carbons (Fsp3) is 0.783. The van der Waals surface area contributed by atoms with Crippen LogP contribution >= 0.6 is 0 Å². The number of nitrogens with zero attached hydrogens (tertiary/aromatic N) is 1. The normalized spacial score (nSPS) is 38.9. The van der Waals surface area contributed by atoms with E-state index < -0.39 is 44.8 Å². The van der Waals surface area contributed by atoms with Crippen LogP contribution in [0.5, 0.6) is 0 Å². The van der Waals surface area contributed by atoms with Gasteiger partial charge in [0.1, 0.15) is 11.6 Å². The number of amides is 3. The number of sulfonamides is 1.